The Bertz CT molecular complexity index is 1270. The minimum Gasteiger partial charge on any atom is -0.378 e. The molecule has 0 radical (unpaired) electrons. The zero-order chi connectivity index (χ0) is 24.6. The molecule has 186 valence electrons. The number of aromatic nitrogens is 3. The fourth-order valence-electron chi connectivity index (χ4n) is 5.57. The molecule has 0 aliphatic carbocycles. The summed E-state index contributed by atoms with van der Waals surface area (Å²) >= 11 is 0. The first-order valence-electron chi connectivity index (χ1n) is 12.6. The molecule has 5 heterocycles. The van der Waals surface area contributed by atoms with E-state index in [1.165, 1.54) is 17.7 Å². The molecule has 2 bridgehead atoms. The van der Waals surface area contributed by atoms with Crippen molar-refractivity contribution < 1.29 is 9.53 Å². The van der Waals surface area contributed by atoms with E-state index in [4.69, 9.17) is 9.72 Å². The van der Waals surface area contributed by atoms with Gasteiger partial charge in [-0.15, -0.1) is 0 Å². The molecular weight excluding hydrogens is 454 g/mol. The van der Waals surface area contributed by atoms with Crippen molar-refractivity contribution in [1.29, 1.82) is 0 Å². The highest BCUT2D eigenvalue weighted by Crippen LogP contribution is 2.36. The van der Waals surface area contributed by atoms with Crippen molar-refractivity contribution in [2.24, 2.45) is 0 Å². The Morgan fingerprint density at radius 1 is 1.08 bits per heavy atom. The highest BCUT2D eigenvalue weighted by molar-refractivity contribution is 5.95. The summed E-state index contributed by atoms with van der Waals surface area (Å²) in [7, 11) is 2.23. The molecule has 1 N–H and O–H groups in total. The molecule has 36 heavy (non-hydrogen) atoms. The number of carbonyl (C=O) groups is 1. The van der Waals surface area contributed by atoms with Crippen LogP contribution in [0, 0.1) is 6.92 Å². The molecule has 0 spiro atoms. The quantitative estimate of drug-likeness (QED) is 0.590. The van der Waals surface area contributed by atoms with E-state index in [0.29, 0.717) is 55.6 Å². The molecule has 9 heteroatoms. The molecule has 3 saturated heterocycles. The van der Waals surface area contributed by atoms with E-state index in [2.05, 4.69) is 57.3 Å². The van der Waals surface area contributed by atoms with Crippen LogP contribution in [0.3, 0.4) is 0 Å². The molecule has 3 aliphatic heterocycles. The van der Waals surface area contributed by atoms with Crippen LogP contribution in [-0.2, 0) is 4.74 Å². The van der Waals surface area contributed by atoms with E-state index in [1.54, 1.807) is 23.5 Å². The molecule has 3 fully saturated rings. The highest BCUT2D eigenvalue weighted by atomic mass is 16.5. The summed E-state index contributed by atoms with van der Waals surface area (Å²) in [4.78, 5) is 33.1. The van der Waals surface area contributed by atoms with Gasteiger partial charge in [-0.05, 0) is 56.3 Å². The molecule has 9 nitrogen and oxygen atoms in total. The summed E-state index contributed by atoms with van der Waals surface area (Å²) in [6, 6.07) is 11.4. The smallest absolute Gasteiger partial charge is 0.255 e. The van der Waals surface area contributed by atoms with Crippen LogP contribution in [0.1, 0.15) is 22.3 Å². The third-order valence-electron chi connectivity index (χ3n) is 7.51. The van der Waals surface area contributed by atoms with Gasteiger partial charge in [0.1, 0.15) is 0 Å². The summed E-state index contributed by atoms with van der Waals surface area (Å²) in [5, 5.41) is 3.34. The van der Waals surface area contributed by atoms with Crippen LogP contribution in [0.15, 0.2) is 48.9 Å². The second-order valence-electron chi connectivity index (χ2n) is 9.89. The van der Waals surface area contributed by atoms with Crippen molar-refractivity contribution in [1.82, 2.24) is 24.8 Å². The van der Waals surface area contributed by atoms with Crippen LogP contribution in [0.25, 0.3) is 11.3 Å². The van der Waals surface area contributed by atoms with E-state index in [-0.39, 0.29) is 5.91 Å². The number of likely N-dealkylation sites (tertiary alicyclic amines) is 1. The first-order valence-corrected chi connectivity index (χ1v) is 12.6. The molecule has 3 aromatic rings. The van der Waals surface area contributed by atoms with Gasteiger partial charge in [0.25, 0.3) is 5.91 Å². The van der Waals surface area contributed by atoms with Gasteiger partial charge in [-0.1, -0.05) is 0 Å². The fraction of sp³-hybridized carbons (Fsp3) is 0.407. The summed E-state index contributed by atoms with van der Waals surface area (Å²) in [6.45, 7) is 6.72. The Morgan fingerprint density at radius 2 is 1.94 bits per heavy atom. The maximum Gasteiger partial charge on any atom is 0.255 e. The number of pyridine rings is 1. The van der Waals surface area contributed by atoms with Crippen LogP contribution in [0.5, 0.6) is 0 Å². The maximum absolute atomic E-state index is 12.9. The largest absolute Gasteiger partial charge is 0.378 e. The zero-order valence-electron chi connectivity index (χ0n) is 20.7. The predicted octanol–water partition coefficient (Wildman–Crippen LogP) is 2.96. The molecule has 1 aromatic carbocycles. The molecule has 2 atom stereocenters. The Hall–Kier alpha value is -3.56. The lowest BCUT2D eigenvalue weighted by atomic mass is 10.1. The van der Waals surface area contributed by atoms with Crippen LogP contribution in [-0.4, -0.2) is 89.2 Å². The van der Waals surface area contributed by atoms with Crippen molar-refractivity contribution in [3.63, 3.8) is 0 Å². The minimum atomic E-state index is -0.0338. The van der Waals surface area contributed by atoms with Gasteiger partial charge >= 0.3 is 0 Å². The van der Waals surface area contributed by atoms with Gasteiger partial charge in [-0.3, -0.25) is 14.7 Å². The minimum absolute atomic E-state index is 0.0338. The number of nitrogens with zero attached hydrogens (tertiary/aromatic N) is 6. The third kappa shape index (κ3) is 4.40. The lowest BCUT2D eigenvalue weighted by molar-refractivity contribution is 0.0302. The van der Waals surface area contributed by atoms with Crippen LogP contribution < -0.4 is 10.2 Å². The number of anilines is 3. The molecular formula is C27H31N7O2. The number of hydrogen-bond donors (Lipinski definition) is 1. The monoisotopic (exact) mass is 485 g/mol. The Labute approximate surface area is 211 Å². The van der Waals surface area contributed by atoms with Crippen molar-refractivity contribution >= 4 is 23.2 Å². The number of amides is 1. The predicted molar refractivity (Wildman–Crippen MR) is 139 cm³/mol. The highest BCUT2D eigenvalue weighted by Gasteiger charge is 2.41. The number of piperazine rings is 1. The first kappa shape index (κ1) is 22.9. The van der Waals surface area contributed by atoms with Gasteiger partial charge in [-0.2, -0.15) is 0 Å². The normalized spacial score (nSPS) is 21.7. The van der Waals surface area contributed by atoms with Crippen LogP contribution >= 0.6 is 0 Å². The van der Waals surface area contributed by atoms with E-state index >= 15 is 0 Å². The maximum atomic E-state index is 12.9. The number of benzene rings is 1. The van der Waals surface area contributed by atoms with Gasteiger partial charge in [0.15, 0.2) is 0 Å². The molecule has 3 aliphatic rings. The number of likely N-dealkylation sites (N-methyl/N-ethyl adjacent to an activating group) is 1. The van der Waals surface area contributed by atoms with E-state index in [9.17, 15) is 4.79 Å². The fourth-order valence-corrected chi connectivity index (χ4v) is 5.57. The molecule has 6 rings (SSSR count). The number of fused-ring (bicyclic) bond motifs is 2. The van der Waals surface area contributed by atoms with Crippen molar-refractivity contribution in [2.45, 2.75) is 25.4 Å². The van der Waals surface area contributed by atoms with E-state index in [1.807, 2.05) is 12.1 Å². The summed E-state index contributed by atoms with van der Waals surface area (Å²) < 4.78 is 5.36. The number of rotatable bonds is 5. The van der Waals surface area contributed by atoms with Gasteiger partial charge in [0.2, 0.25) is 5.95 Å². The topological polar surface area (TPSA) is 86.7 Å². The SMILES string of the molecule is Cc1cc(Nc2nccc(-c3cncc(C(=O)N4CCOCC4)c3)n2)ccc1N1CC2CC1CN2C. The lowest BCUT2D eigenvalue weighted by Crippen LogP contribution is -2.44. The second-order valence-corrected chi connectivity index (χ2v) is 9.89. The lowest BCUT2D eigenvalue weighted by Gasteiger charge is -2.34. The van der Waals surface area contributed by atoms with Crippen LogP contribution in [0.2, 0.25) is 0 Å². The van der Waals surface area contributed by atoms with E-state index in [0.717, 1.165) is 24.3 Å². The number of ether oxygens (including phenoxy) is 1. The second kappa shape index (κ2) is 9.48. The Kier molecular flexibility index (Phi) is 6.02. The molecule has 2 unspecified atom stereocenters. The van der Waals surface area contributed by atoms with Gasteiger partial charge in [0.05, 0.1) is 24.5 Å². The van der Waals surface area contributed by atoms with Gasteiger partial charge < -0.3 is 19.9 Å². The first-order chi connectivity index (χ1) is 17.5. The Morgan fingerprint density at radius 3 is 2.69 bits per heavy atom. The number of morpholine rings is 1. The molecule has 2 aromatic heterocycles. The zero-order valence-corrected chi connectivity index (χ0v) is 20.7. The number of aryl methyl sites for hydroxylation is 1. The van der Waals surface area contributed by atoms with E-state index < -0.39 is 0 Å². The summed E-state index contributed by atoms with van der Waals surface area (Å²) in [6.07, 6.45) is 6.31. The van der Waals surface area contributed by atoms with Crippen molar-refractivity contribution in [2.75, 3.05) is 56.7 Å². The Balaban J connectivity index is 1.18. The average Bonchev–Trinajstić information content (AvgIpc) is 3.49. The van der Waals surface area contributed by atoms with Gasteiger partial charge in [0, 0.05) is 73.8 Å². The van der Waals surface area contributed by atoms with Crippen molar-refractivity contribution in [3.05, 3.63) is 60.0 Å². The van der Waals surface area contributed by atoms with Crippen molar-refractivity contribution in [3.8, 4) is 11.3 Å². The number of nitrogens with one attached hydrogen (secondary N) is 1. The van der Waals surface area contributed by atoms with Gasteiger partial charge in [-0.25, -0.2) is 9.97 Å². The summed E-state index contributed by atoms with van der Waals surface area (Å²) in [5.41, 5.74) is 5.54. The third-order valence-corrected chi connectivity index (χ3v) is 7.51. The molecule has 1 amide bonds. The number of hydrogen-bond acceptors (Lipinski definition) is 8. The number of carbonyl (C=O) groups excluding carboxylic acids is 1. The van der Waals surface area contributed by atoms with Crippen LogP contribution in [0.4, 0.5) is 17.3 Å². The molecule has 0 saturated carbocycles. The summed E-state index contributed by atoms with van der Waals surface area (Å²) in [5.74, 6) is 0.472. The average molecular weight is 486 g/mol. The standard InChI is InChI=1S/C27H31N7O2/c1-18-11-21(3-4-25(18)34-17-22-13-23(34)16-32(22)2)30-27-29-6-5-24(31-27)19-12-20(15-28-14-19)26(35)33-7-9-36-10-8-33/h3-6,11-12,14-15,22-23H,7-10,13,16-17H2,1-2H3,(H,29,30,31).